The van der Waals surface area contributed by atoms with Crippen LogP contribution < -0.4 is 0 Å². The summed E-state index contributed by atoms with van der Waals surface area (Å²) in [5.41, 5.74) is 1.15. The van der Waals surface area contributed by atoms with Crippen LogP contribution >= 0.6 is 0 Å². The van der Waals surface area contributed by atoms with Gasteiger partial charge in [0.2, 0.25) is 0 Å². The number of benzene rings is 1. The van der Waals surface area contributed by atoms with Crippen molar-refractivity contribution in [2.24, 2.45) is 0 Å². The number of carbonyl (C=O) groups excluding carboxylic acids is 1. The van der Waals surface area contributed by atoms with Crippen molar-refractivity contribution in [3.05, 3.63) is 53.3 Å². The normalized spacial score (nSPS) is 17.6. The quantitative estimate of drug-likeness (QED) is 0.749. The minimum Gasteiger partial charge on any atom is -0.478 e. The first-order chi connectivity index (χ1) is 12.6. The van der Waals surface area contributed by atoms with Crippen molar-refractivity contribution in [1.29, 1.82) is 0 Å². The number of nitrogens with zero attached hydrogens (tertiary/aromatic N) is 2. The smallest absolute Gasteiger partial charge is 0.339 e. The van der Waals surface area contributed by atoms with Crippen LogP contribution in [0.5, 0.6) is 0 Å². The number of nitrogens with one attached hydrogen (secondary N) is 1. The Morgan fingerprint density at radius 2 is 2.15 bits per heavy atom. The maximum Gasteiger partial charge on any atom is 0.339 e. The zero-order valence-electron chi connectivity index (χ0n) is 13.7. The van der Waals surface area contributed by atoms with Crippen molar-refractivity contribution >= 4 is 22.8 Å². The van der Waals surface area contributed by atoms with E-state index >= 15 is 0 Å². The number of piperidine rings is 1. The van der Waals surface area contributed by atoms with E-state index in [9.17, 15) is 19.1 Å². The van der Waals surface area contributed by atoms with Crippen LogP contribution in [0, 0.1) is 5.82 Å². The molecular formula is C18H16FN3O4. The summed E-state index contributed by atoms with van der Waals surface area (Å²) < 4.78 is 19.0. The summed E-state index contributed by atoms with van der Waals surface area (Å²) in [6.07, 6.45) is 4.87. The molecule has 0 spiro atoms. The lowest BCUT2D eigenvalue weighted by molar-refractivity contribution is 0.0590. The van der Waals surface area contributed by atoms with Gasteiger partial charge in [-0.2, -0.15) is 5.10 Å². The summed E-state index contributed by atoms with van der Waals surface area (Å²) in [7, 11) is 0. The van der Waals surface area contributed by atoms with Crippen LogP contribution in [0.1, 0.15) is 51.7 Å². The number of aromatic amines is 1. The highest BCUT2D eigenvalue weighted by atomic mass is 19.1. The van der Waals surface area contributed by atoms with Gasteiger partial charge in [0.1, 0.15) is 23.2 Å². The minimum atomic E-state index is -1.09. The Morgan fingerprint density at radius 1 is 1.31 bits per heavy atom. The number of halogens is 1. The molecule has 2 N–H and O–H groups in total. The predicted octanol–water partition coefficient (Wildman–Crippen LogP) is 3.36. The van der Waals surface area contributed by atoms with E-state index in [1.54, 1.807) is 4.90 Å². The van der Waals surface area contributed by atoms with E-state index in [-0.39, 0.29) is 17.0 Å². The number of aromatic nitrogens is 2. The van der Waals surface area contributed by atoms with Crippen LogP contribution in [-0.2, 0) is 0 Å². The molecule has 0 aliphatic carbocycles. The van der Waals surface area contributed by atoms with E-state index in [2.05, 4.69) is 10.2 Å². The SMILES string of the molecule is O=C(O)c1cn[nH]c1C1CCCCN1C(=O)c1coc2ccc(F)cc12. The van der Waals surface area contributed by atoms with Gasteiger partial charge >= 0.3 is 5.97 Å². The van der Waals surface area contributed by atoms with Gasteiger partial charge < -0.3 is 14.4 Å². The van der Waals surface area contributed by atoms with Gasteiger partial charge in [-0.05, 0) is 37.5 Å². The number of H-pyrrole nitrogens is 1. The van der Waals surface area contributed by atoms with E-state index < -0.39 is 17.8 Å². The Balaban J connectivity index is 1.74. The third kappa shape index (κ3) is 2.63. The molecule has 7 nitrogen and oxygen atoms in total. The molecule has 1 unspecified atom stereocenters. The number of hydrogen-bond acceptors (Lipinski definition) is 4. The summed E-state index contributed by atoms with van der Waals surface area (Å²) >= 11 is 0. The van der Waals surface area contributed by atoms with E-state index in [4.69, 9.17) is 4.42 Å². The first-order valence-electron chi connectivity index (χ1n) is 8.30. The van der Waals surface area contributed by atoms with Gasteiger partial charge in [-0.3, -0.25) is 9.89 Å². The van der Waals surface area contributed by atoms with E-state index in [1.807, 2.05) is 0 Å². The van der Waals surface area contributed by atoms with Gasteiger partial charge in [0.15, 0.2) is 0 Å². The first kappa shape index (κ1) is 16.3. The van der Waals surface area contributed by atoms with Crippen LogP contribution in [0.15, 0.2) is 35.1 Å². The monoisotopic (exact) mass is 357 g/mol. The Labute approximate surface area is 147 Å². The van der Waals surface area contributed by atoms with Crippen molar-refractivity contribution in [2.75, 3.05) is 6.54 Å². The van der Waals surface area contributed by atoms with Gasteiger partial charge in [0, 0.05) is 11.9 Å². The van der Waals surface area contributed by atoms with Gasteiger partial charge in [0.05, 0.1) is 23.5 Å². The fourth-order valence-electron chi connectivity index (χ4n) is 3.52. The van der Waals surface area contributed by atoms with Gasteiger partial charge in [-0.25, -0.2) is 9.18 Å². The fraction of sp³-hybridized carbons (Fsp3) is 0.278. The number of aromatic carboxylic acids is 1. The van der Waals surface area contributed by atoms with Crippen molar-refractivity contribution < 1.29 is 23.5 Å². The number of carboxylic acid groups (broad SMARTS) is 1. The molecule has 0 bridgehead atoms. The number of hydrogen-bond donors (Lipinski definition) is 2. The summed E-state index contributed by atoms with van der Waals surface area (Å²) in [6, 6.07) is 3.59. The number of rotatable bonds is 3. The summed E-state index contributed by atoms with van der Waals surface area (Å²) in [6.45, 7) is 0.476. The van der Waals surface area contributed by atoms with E-state index in [1.165, 1.54) is 30.7 Å². The lowest BCUT2D eigenvalue weighted by Gasteiger charge is -2.35. The lowest BCUT2D eigenvalue weighted by atomic mass is 9.96. The van der Waals surface area contributed by atoms with Crippen LogP contribution in [0.25, 0.3) is 11.0 Å². The topological polar surface area (TPSA) is 99.4 Å². The number of amides is 1. The Hall–Kier alpha value is -3.16. The molecule has 26 heavy (non-hydrogen) atoms. The Bertz CT molecular complexity index is 993. The third-order valence-corrected chi connectivity index (χ3v) is 4.76. The van der Waals surface area contributed by atoms with Crippen LogP contribution in [0.2, 0.25) is 0 Å². The first-order valence-corrected chi connectivity index (χ1v) is 8.30. The van der Waals surface area contributed by atoms with Gasteiger partial charge in [-0.15, -0.1) is 0 Å². The molecule has 1 fully saturated rings. The average Bonchev–Trinajstić information content (AvgIpc) is 3.28. The second-order valence-electron chi connectivity index (χ2n) is 6.30. The standard InChI is InChI=1S/C18H16FN3O4/c19-10-4-5-15-11(7-10)13(9-26-15)17(23)22-6-2-1-3-14(22)16-12(18(24)25)8-20-21-16/h4-5,7-9,14H,1-3,6H2,(H,20,21)(H,24,25). The predicted molar refractivity (Wildman–Crippen MR) is 89.3 cm³/mol. The van der Waals surface area contributed by atoms with Crippen LogP contribution in [0.3, 0.4) is 0 Å². The second-order valence-corrected chi connectivity index (χ2v) is 6.30. The zero-order chi connectivity index (χ0) is 18.3. The molecule has 0 saturated carbocycles. The molecule has 4 rings (SSSR count). The Kier molecular flexibility index (Phi) is 3.95. The molecule has 1 amide bonds. The highest BCUT2D eigenvalue weighted by Gasteiger charge is 2.33. The molecule has 1 atom stereocenters. The number of carboxylic acids is 1. The van der Waals surface area contributed by atoms with E-state index in [0.717, 1.165) is 12.8 Å². The fourth-order valence-corrected chi connectivity index (χ4v) is 3.52. The van der Waals surface area contributed by atoms with Crippen molar-refractivity contribution in [3.8, 4) is 0 Å². The molecule has 8 heteroatoms. The second kappa shape index (κ2) is 6.29. The van der Waals surface area contributed by atoms with Crippen molar-refractivity contribution in [1.82, 2.24) is 15.1 Å². The molecular weight excluding hydrogens is 341 g/mol. The molecule has 3 aromatic rings. The van der Waals surface area contributed by atoms with Crippen LogP contribution in [0.4, 0.5) is 4.39 Å². The van der Waals surface area contributed by atoms with Gasteiger partial charge in [0.25, 0.3) is 5.91 Å². The van der Waals surface area contributed by atoms with Gasteiger partial charge in [-0.1, -0.05) is 0 Å². The maximum atomic E-state index is 13.6. The number of fused-ring (bicyclic) bond motifs is 1. The van der Waals surface area contributed by atoms with Crippen LogP contribution in [-0.4, -0.2) is 38.6 Å². The minimum absolute atomic E-state index is 0.0535. The molecule has 1 aromatic carbocycles. The maximum absolute atomic E-state index is 13.6. The number of furan rings is 1. The highest BCUT2D eigenvalue weighted by molar-refractivity contribution is 6.06. The summed E-state index contributed by atoms with van der Waals surface area (Å²) in [5.74, 6) is -1.86. The Morgan fingerprint density at radius 3 is 2.96 bits per heavy atom. The molecule has 2 aromatic heterocycles. The highest BCUT2D eigenvalue weighted by Crippen LogP contribution is 2.34. The average molecular weight is 357 g/mol. The molecule has 1 aliphatic heterocycles. The summed E-state index contributed by atoms with van der Waals surface area (Å²) in [4.78, 5) is 26.2. The molecule has 3 heterocycles. The van der Waals surface area contributed by atoms with E-state index in [0.29, 0.717) is 29.6 Å². The molecule has 1 aliphatic rings. The largest absolute Gasteiger partial charge is 0.478 e. The molecule has 134 valence electrons. The summed E-state index contributed by atoms with van der Waals surface area (Å²) in [5, 5.41) is 16.3. The lowest BCUT2D eigenvalue weighted by Crippen LogP contribution is -2.39. The van der Waals surface area contributed by atoms with Crippen molar-refractivity contribution in [2.45, 2.75) is 25.3 Å². The zero-order valence-corrected chi connectivity index (χ0v) is 13.7. The number of carbonyl (C=O) groups is 2. The molecule has 0 radical (unpaired) electrons. The number of likely N-dealkylation sites (tertiary alicyclic amines) is 1. The molecule has 1 saturated heterocycles. The van der Waals surface area contributed by atoms with Crippen molar-refractivity contribution in [3.63, 3.8) is 0 Å². The third-order valence-electron chi connectivity index (χ3n) is 4.76.